The minimum atomic E-state index is 0.471. The van der Waals surface area contributed by atoms with Gasteiger partial charge in [0.05, 0.1) is 0 Å². The van der Waals surface area contributed by atoms with Crippen LogP contribution in [0.4, 0.5) is 0 Å². The van der Waals surface area contributed by atoms with Gasteiger partial charge < -0.3 is 0 Å². The second kappa shape index (κ2) is 3.14. The molecule has 1 aromatic carbocycles. The van der Waals surface area contributed by atoms with Gasteiger partial charge in [0, 0.05) is 12.6 Å². The van der Waals surface area contributed by atoms with Crippen LogP contribution in [0, 0.1) is 5.41 Å². The van der Waals surface area contributed by atoms with Gasteiger partial charge in [0.15, 0.2) is 4.80 Å². The van der Waals surface area contributed by atoms with E-state index < -0.39 is 0 Å². The lowest BCUT2D eigenvalue weighted by atomic mass is 10.2. The van der Waals surface area contributed by atoms with Crippen molar-refractivity contribution in [3.8, 4) is 10.6 Å². The first-order chi connectivity index (χ1) is 6.27. The highest BCUT2D eigenvalue weighted by molar-refractivity contribution is 7.12. The quantitative estimate of drug-likeness (QED) is 0.731. The second-order valence-electron chi connectivity index (χ2n) is 2.70. The number of hydrogen-bond donors (Lipinski definition) is 1. The topological polar surface area (TPSA) is 41.7 Å². The molecule has 2 rings (SSSR count). The molecule has 2 aromatic rings. The highest BCUT2D eigenvalue weighted by atomic mass is 32.1. The molecule has 0 aliphatic rings. The summed E-state index contributed by atoms with van der Waals surface area (Å²) in [5.41, 5.74) is 1.07. The summed E-state index contributed by atoms with van der Waals surface area (Å²) in [6.07, 6.45) is 0. The summed E-state index contributed by atoms with van der Waals surface area (Å²) in [6.45, 7) is 0. The molecule has 13 heavy (non-hydrogen) atoms. The molecule has 1 aromatic heterocycles. The fourth-order valence-corrected chi connectivity index (χ4v) is 1.83. The van der Waals surface area contributed by atoms with Crippen molar-refractivity contribution in [3.63, 3.8) is 0 Å². The molecule has 0 atom stereocenters. The van der Waals surface area contributed by atoms with Crippen molar-refractivity contribution in [2.24, 2.45) is 7.05 Å². The van der Waals surface area contributed by atoms with E-state index >= 15 is 0 Å². The lowest BCUT2D eigenvalue weighted by molar-refractivity contribution is 0.723. The molecule has 0 saturated heterocycles. The molecule has 0 fully saturated rings. The zero-order valence-corrected chi connectivity index (χ0v) is 8.01. The summed E-state index contributed by atoms with van der Waals surface area (Å²) in [6, 6.07) is 9.91. The van der Waals surface area contributed by atoms with E-state index in [1.54, 1.807) is 11.7 Å². The number of aromatic nitrogens is 2. The van der Waals surface area contributed by atoms with Crippen molar-refractivity contribution in [2.75, 3.05) is 0 Å². The van der Waals surface area contributed by atoms with Crippen LogP contribution >= 0.6 is 11.3 Å². The molecular weight excluding hydrogens is 182 g/mol. The molecule has 1 heterocycles. The molecule has 0 aliphatic carbocycles. The smallest absolute Gasteiger partial charge is 0.200 e. The van der Waals surface area contributed by atoms with Gasteiger partial charge in [-0.3, -0.25) is 5.41 Å². The van der Waals surface area contributed by atoms with Gasteiger partial charge in [0.2, 0.25) is 0 Å². The molecule has 66 valence electrons. The Balaban J connectivity index is 2.54. The van der Waals surface area contributed by atoms with E-state index in [4.69, 9.17) is 5.41 Å². The molecule has 3 nitrogen and oxygen atoms in total. The molecule has 0 amide bonds. The Morgan fingerprint density at radius 1 is 1.31 bits per heavy atom. The van der Waals surface area contributed by atoms with Crippen LogP contribution < -0.4 is 4.80 Å². The Hall–Kier alpha value is -1.42. The van der Waals surface area contributed by atoms with Gasteiger partial charge in [-0.2, -0.15) is 5.10 Å². The van der Waals surface area contributed by atoms with Crippen LogP contribution in [-0.2, 0) is 7.05 Å². The number of benzene rings is 1. The average Bonchev–Trinajstić information content (AvgIpc) is 2.49. The van der Waals surface area contributed by atoms with Gasteiger partial charge in [0.25, 0.3) is 0 Å². The summed E-state index contributed by atoms with van der Waals surface area (Å²) in [5.74, 6) is 0. The maximum Gasteiger partial charge on any atom is 0.200 e. The first-order valence-corrected chi connectivity index (χ1v) is 4.73. The number of hydrogen-bond acceptors (Lipinski definition) is 3. The fraction of sp³-hybridized carbons (Fsp3) is 0.111. The highest BCUT2D eigenvalue weighted by Crippen LogP contribution is 2.17. The van der Waals surface area contributed by atoms with Gasteiger partial charge in [-0.05, 0) is 0 Å². The van der Waals surface area contributed by atoms with E-state index in [1.807, 2.05) is 30.3 Å². The summed E-state index contributed by atoms with van der Waals surface area (Å²) in [5, 5.41) is 12.6. The number of rotatable bonds is 1. The maximum absolute atomic E-state index is 7.51. The zero-order valence-electron chi connectivity index (χ0n) is 7.19. The van der Waals surface area contributed by atoms with Crippen LogP contribution in [0.5, 0.6) is 0 Å². The predicted molar refractivity (Wildman–Crippen MR) is 52.4 cm³/mol. The number of aryl methyl sites for hydroxylation is 1. The van der Waals surface area contributed by atoms with Crippen LogP contribution in [0.15, 0.2) is 30.3 Å². The molecule has 0 radical (unpaired) electrons. The molecule has 4 heteroatoms. The minimum absolute atomic E-state index is 0.471. The molecular formula is C9H9N3S. The third-order valence-corrected chi connectivity index (χ3v) is 2.72. The Morgan fingerprint density at radius 2 is 2.00 bits per heavy atom. The molecule has 0 bridgehead atoms. The van der Waals surface area contributed by atoms with Crippen LogP contribution in [0.2, 0.25) is 0 Å². The first kappa shape index (κ1) is 8.19. The second-order valence-corrected chi connectivity index (χ2v) is 3.68. The summed E-state index contributed by atoms with van der Waals surface area (Å²) in [7, 11) is 1.78. The average molecular weight is 191 g/mol. The van der Waals surface area contributed by atoms with E-state index in [0.717, 1.165) is 10.6 Å². The van der Waals surface area contributed by atoms with Crippen molar-refractivity contribution < 1.29 is 0 Å². The zero-order chi connectivity index (χ0) is 9.26. The van der Waals surface area contributed by atoms with Crippen LogP contribution in [-0.4, -0.2) is 9.78 Å². The van der Waals surface area contributed by atoms with Crippen LogP contribution in [0.25, 0.3) is 10.6 Å². The molecule has 0 saturated carbocycles. The largest absolute Gasteiger partial charge is 0.274 e. The molecule has 0 aliphatic heterocycles. The monoisotopic (exact) mass is 191 g/mol. The molecule has 1 N–H and O–H groups in total. The maximum atomic E-state index is 7.51. The van der Waals surface area contributed by atoms with E-state index in [0.29, 0.717) is 4.80 Å². The third-order valence-electron chi connectivity index (χ3n) is 1.75. The SMILES string of the molecule is Cn1nc(-c2ccccc2)sc1=N. The van der Waals surface area contributed by atoms with Crippen molar-refractivity contribution in [1.29, 1.82) is 5.41 Å². The summed E-state index contributed by atoms with van der Waals surface area (Å²) >= 11 is 1.39. The van der Waals surface area contributed by atoms with E-state index in [2.05, 4.69) is 5.10 Å². The third kappa shape index (κ3) is 1.53. The minimum Gasteiger partial charge on any atom is -0.274 e. The first-order valence-electron chi connectivity index (χ1n) is 3.91. The lowest BCUT2D eigenvalue weighted by Crippen LogP contribution is -2.08. The van der Waals surface area contributed by atoms with Gasteiger partial charge in [-0.25, -0.2) is 4.68 Å². The molecule has 0 unspecified atom stereocenters. The van der Waals surface area contributed by atoms with Gasteiger partial charge >= 0.3 is 0 Å². The Bertz CT molecular complexity index is 455. The summed E-state index contributed by atoms with van der Waals surface area (Å²) in [4.78, 5) is 0.471. The predicted octanol–water partition coefficient (Wildman–Crippen LogP) is 1.63. The van der Waals surface area contributed by atoms with Crippen molar-refractivity contribution in [3.05, 3.63) is 35.1 Å². The molecule has 0 spiro atoms. The highest BCUT2D eigenvalue weighted by Gasteiger charge is 2.02. The van der Waals surface area contributed by atoms with E-state index in [-0.39, 0.29) is 0 Å². The number of nitrogens with zero attached hydrogens (tertiary/aromatic N) is 2. The fourth-order valence-electron chi connectivity index (χ4n) is 1.06. The van der Waals surface area contributed by atoms with Crippen molar-refractivity contribution >= 4 is 11.3 Å². The van der Waals surface area contributed by atoms with Crippen molar-refractivity contribution in [1.82, 2.24) is 9.78 Å². The summed E-state index contributed by atoms with van der Waals surface area (Å²) < 4.78 is 1.58. The van der Waals surface area contributed by atoms with Gasteiger partial charge in [0.1, 0.15) is 5.01 Å². The van der Waals surface area contributed by atoms with Crippen LogP contribution in [0.3, 0.4) is 0 Å². The number of nitrogens with one attached hydrogen (secondary N) is 1. The Kier molecular flexibility index (Phi) is 1.98. The Morgan fingerprint density at radius 3 is 2.54 bits per heavy atom. The van der Waals surface area contributed by atoms with Crippen LogP contribution in [0.1, 0.15) is 0 Å². The van der Waals surface area contributed by atoms with E-state index in [9.17, 15) is 0 Å². The van der Waals surface area contributed by atoms with Gasteiger partial charge in [-0.1, -0.05) is 41.7 Å². The van der Waals surface area contributed by atoms with Gasteiger partial charge in [-0.15, -0.1) is 0 Å². The normalized spacial score (nSPS) is 10.2. The lowest BCUT2D eigenvalue weighted by Gasteiger charge is -1.91. The Labute approximate surface area is 79.8 Å². The van der Waals surface area contributed by atoms with Crippen molar-refractivity contribution in [2.45, 2.75) is 0 Å². The standard InChI is InChI=1S/C9H9N3S/c1-12-9(10)13-8(11-12)7-5-3-2-4-6-7/h2-6,10H,1H3. The van der Waals surface area contributed by atoms with E-state index in [1.165, 1.54) is 11.3 Å².